The van der Waals surface area contributed by atoms with Gasteiger partial charge in [0.2, 0.25) is 0 Å². The fourth-order valence-corrected chi connectivity index (χ4v) is 4.47. The molecule has 0 unspecified atom stereocenters. The molecule has 3 aromatic rings. The van der Waals surface area contributed by atoms with Crippen molar-refractivity contribution < 1.29 is 22.3 Å². The summed E-state index contributed by atoms with van der Waals surface area (Å²) in [5.41, 5.74) is 0.515. The summed E-state index contributed by atoms with van der Waals surface area (Å²) in [7, 11) is -3.83. The summed E-state index contributed by atoms with van der Waals surface area (Å²) in [4.78, 5) is 8.51. The third kappa shape index (κ3) is 4.66. The highest BCUT2D eigenvalue weighted by atomic mass is 32.2. The van der Waals surface area contributed by atoms with Gasteiger partial charge >= 0.3 is 0 Å². The molecule has 31 heavy (non-hydrogen) atoms. The summed E-state index contributed by atoms with van der Waals surface area (Å²) in [6.07, 6.45) is 3.42. The number of aliphatic hydroxyl groups excluding tert-OH is 1. The van der Waals surface area contributed by atoms with E-state index < -0.39 is 27.9 Å². The maximum atomic E-state index is 13.9. The van der Waals surface area contributed by atoms with Crippen LogP contribution in [0.15, 0.2) is 36.8 Å². The van der Waals surface area contributed by atoms with E-state index in [-0.39, 0.29) is 30.6 Å². The molecule has 0 amide bonds. The van der Waals surface area contributed by atoms with Crippen LogP contribution in [0.5, 0.6) is 0 Å². The Hall–Kier alpha value is -2.67. The molecule has 0 aliphatic heterocycles. The zero-order valence-corrected chi connectivity index (χ0v) is 17.2. The summed E-state index contributed by atoms with van der Waals surface area (Å²) in [6, 6.07) is 5.38. The lowest BCUT2D eigenvalue weighted by atomic mass is 10.1. The third-order valence-electron chi connectivity index (χ3n) is 5.58. The van der Waals surface area contributed by atoms with Crippen LogP contribution in [0.4, 0.5) is 14.6 Å². The summed E-state index contributed by atoms with van der Waals surface area (Å²) < 4.78 is 54.2. The fourth-order valence-electron chi connectivity index (χ4n) is 4.02. The first-order chi connectivity index (χ1) is 14.7. The standard InChI is InChI=1S/C19H22F2N6O3S/c20-15-2-1-3-16(21)14(15)9-23-18-13-4-5-27(19(13)25-10-24-18)12-6-11(17(28)7-12)8-26-31(22,29)30/h1-5,10-12,17,26,28H,6-9H2,(H2,22,29,30)(H,23,24,25)/t11-,12+,17-/m0/s1. The number of aromatic nitrogens is 3. The maximum absolute atomic E-state index is 13.9. The maximum Gasteiger partial charge on any atom is 0.274 e. The Morgan fingerprint density at radius 1 is 1.19 bits per heavy atom. The minimum atomic E-state index is -3.83. The average Bonchev–Trinajstić information content (AvgIpc) is 3.29. The van der Waals surface area contributed by atoms with Gasteiger partial charge in [0, 0.05) is 36.8 Å². The van der Waals surface area contributed by atoms with Crippen molar-refractivity contribution in [3.63, 3.8) is 0 Å². The van der Waals surface area contributed by atoms with Gasteiger partial charge in [-0.05, 0) is 31.0 Å². The Morgan fingerprint density at radius 2 is 1.94 bits per heavy atom. The van der Waals surface area contributed by atoms with Gasteiger partial charge in [0.05, 0.1) is 11.5 Å². The minimum absolute atomic E-state index is 0.0473. The topological polar surface area (TPSA) is 135 Å². The fraction of sp³-hybridized carbons (Fsp3) is 0.368. The predicted octanol–water partition coefficient (Wildman–Crippen LogP) is 1.43. The van der Waals surface area contributed by atoms with E-state index in [1.807, 2.05) is 4.57 Å². The van der Waals surface area contributed by atoms with Crippen molar-refractivity contribution in [2.24, 2.45) is 11.1 Å². The van der Waals surface area contributed by atoms with E-state index in [0.29, 0.717) is 29.7 Å². The van der Waals surface area contributed by atoms with E-state index in [4.69, 9.17) is 5.14 Å². The number of nitrogens with two attached hydrogens (primary N) is 1. The molecule has 4 rings (SSSR count). The van der Waals surface area contributed by atoms with Crippen LogP contribution in [-0.2, 0) is 16.8 Å². The molecule has 1 saturated carbocycles. The van der Waals surface area contributed by atoms with Gasteiger partial charge in [0.1, 0.15) is 29.4 Å². The number of nitrogens with zero attached hydrogens (tertiary/aromatic N) is 3. The van der Waals surface area contributed by atoms with Gasteiger partial charge < -0.3 is 15.0 Å². The van der Waals surface area contributed by atoms with Gasteiger partial charge in [-0.2, -0.15) is 8.42 Å². The number of nitrogens with one attached hydrogen (secondary N) is 2. The Bertz CT molecular complexity index is 1180. The molecule has 12 heteroatoms. The van der Waals surface area contributed by atoms with Crippen LogP contribution in [-0.4, -0.2) is 40.7 Å². The number of fused-ring (bicyclic) bond motifs is 1. The van der Waals surface area contributed by atoms with Crippen molar-refractivity contribution in [3.8, 4) is 0 Å². The second kappa shape index (κ2) is 8.46. The second-order valence-corrected chi connectivity index (χ2v) is 8.96. The zero-order chi connectivity index (χ0) is 22.2. The molecular weight excluding hydrogens is 430 g/mol. The summed E-state index contributed by atoms with van der Waals surface area (Å²) in [5.74, 6) is -1.15. The van der Waals surface area contributed by atoms with Gasteiger partial charge in [0.15, 0.2) is 0 Å². The van der Waals surface area contributed by atoms with Crippen LogP contribution >= 0.6 is 0 Å². The van der Waals surface area contributed by atoms with E-state index in [1.165, 1.54) is 24.5 Å². The van der Waals surface area contributed by atoms with Gasteiger partial charge in [-0.1, -0.05) is 6.07 Å². The van der Waals surface area contributed by atoms with E-state index in [0.717, 1.165) is 0 Å². The Balaban J connectivity index is 1.53. The van der Waals surface area contributed by atoms with Gasteiger partial charge in [-0.25, -0.2) is 28.6 Å². The van der Waals surface area contributed by atoms with Crippen molar-refractivity contribution in [2.45, 2.75) is 31.5 Å². The first kappa shape index (κ1) is 21.6. The highest BCUT2D eigenvalue weighted by molar-refractivity contribution is 7.87. The first-order valence-electron chi connectivity index (χ1n) is 9.66. The normalized spacial score (nSPS) is 21.6. The molecule has 3 atom stereocenters. The highest BCUT2D eigenvalue weighted by Gasteiger charge is 2.35. The van der Waals surface area contributed by atoms with Crippen molar-refractivity contribution in [3.05, 3.63) is 54.0 Å². The smallest absolute Gasteiger partial charge is 0.274 e. The molecular formula is C19H22F2N6O3S. The molecule has 0 bridgehead atoms. The number of hydrogen-bond acceptors (Lipinski definition) is 6. The Kier molecular flexibility index (Phi) is 5.88. The molecule has 0 saturated heterocycles. The molecule has 0 spiro atoms. The minimum Gasteiger partial charge on any atom is -0.393 e. The third-order valence-corrected chi connectivity index (χ3v) is 6.15. The lowest BCUT2D eigenvalue weighted by Crippen LogP contribution is -2.36. The number of benzene rings is 1. The van der Waals surface area contributed by atoms with Gasteiger partial charge in [-0.15, -0.1) is 0 Å². The molecule has 5 N–H and O–H groups in total. The Morgan fingerprint density at radius 3 is 2.65 bits per heavy atom. The molecule has 1 aliphatic rings. The van der Waals surface area contributed by atoms with E-state index in [9.17, 15) is 22.3 Å². The van der Waals surface area contributed by atoms with Crippen LogP contribution in [0.25, 0.3) is 11.0 Å². The highest BCUT2D eigenvalue weighted by Crippen LogP contribution is 2.37. The van der Waals surface area contributed by atoms with Crippen LogP contribution < -0.4 is 15.2 Å². The van der Waals surface area contributed by atoms with Crippen molar-refractivity contribution in [1.82, 2.24) is 19.3 Å². The lowest BCUT2D eigenvalue weighted by Gasteiger charge is -2.15. The van der Waals surface area contributed by atoms with Gasteiger partial charge in [0.25, 0.3) is 10.2 Å². The van der Waals surface area contributed by atoms with Crippen molar-refractivity contribution in [1.29, 1.82) is 0 Å². The number of aliphatic hydroxyl groups is 1. The molecule has 2 aromatic heterocycles. The van der Waals surface area contributed by atoms with E-state index in [2.05, 4.69) is 20.0 Å². The van der Waals surface area contributed by atoms with E-state index >= 15 is 0 Å². The Labute approximate surface area is 177 Å². The lowest BCUT2D eigenvalue weighted by molar-refractivity contribution is 0.133. The van der Waals surface area contributed by atoms with Crippen LogP contribution in [0.3, 0.4) is 0 Å². The zero-order valence-electron chi connectivity index (χ0n) is 16.4. The molecule has 1 aliphatic carbocycles. The summed E-state index contributed by atoms with van der Waals surface area (Å²) >= 11 is 0. The predicted molar refractivity (Wildman–Crippen MR) is 110 cm³/mol. The molecule has 0 radical (unpaired) electrons. The number of hydrogen-bond donors (Lipinski definition) is 4. The molecule has 1 aromatic carbocycles. The van der Waals surface area contributed by atoms with Crippen molar-refractivity contribution in [2.75, 3.05) is 11.9 Å². The molecule has 166 valence electrons. The number of anilines is 1. The van der Waals surface area contributed by atoms with Crippen LogP contribution in [0.2, 0.25) is 0 Å². The van der Waals surface area contributed by atoms with Crippen LogP contribution in [0.1, 0.15) is 24.4 Å². The monoisotopic (exact) mass is 452 g/mol. The summed E-state index contributed by atoms with van der Waals surface area (Å²) in [6.45, 7) is -0.0368. The SMILES string of the molecule is NS(=O)(=O)NC[C@@H]1C[C@@H](n2ccc3c(NCc4c(F)cccc4F)ncnc32)C[C@@H]1O. The van der Waals surface area contributed by atoms with Crippen LogP contribution in [0, 0.1) is 17.6 Å². The number of halogens is 2. The first-order valence-corrected chi connectivity index (χ1v) is 11.2. The molecule has 1 fully saturated rings. The quantitative estimate of drug-likeness (QED) is 0.428. The van der Waals surface area contributed by atoms with Gasteiger partial charge in [-0.3, -0.25) is 0 Å². The molecule has 9 nitrogen and oxygen atoms in total. The second-order valence-electron chi connectivity index (χ2n) is 7.58. The summed E-state index contributed by atoms with van der Waals surface area (Å²) in [5, 5.41) is 18.9. The molecule has 2 heterocycles. The number of rotatable bonds is 7. The van der Waals surface area contributed by atoms with E-state index in [1.54, 1.807) is 12.3 Å². The average molecular weight is 452 g/mol. The largest absolute Gasteiger partial charge is 0.393 e. The van der Waals surface area contributed by atoms with Crippen molar-refractivity contribution >= 4 is 27.1 Å².